The minimum atomic E-state index is -4.44. The highest BCUT2D eigenvalue weighted by molar-refractivity contribution is 6.05. The van der Waals surface area contributed by atoms with Gasteiger partial charge >= 0.3 is 6.18 Å². The van der Waals surface area contributed by atoms with E-state index >= 15 is 0 Å². The van der Waals surface area contributed by atoms with E-state index in [1.807, 2.05) is 0 Å². The Morgan fingerprint density at radius 3 is 2.48 bits per heavy atom. The van der Waals surface area contributed by atoms with Gasteiger partial charge in [0.2, 0.25) is 0 Å². The Labute approximate surface area is 119 Å². The van der Waals surface area contributed by atoms with Crippen LogP contribution in [0.2, 0.25) is 0 Å². The van der Waals surface area contributed by atoms with E-state index in [1.54, 1.807) is 25.6 Å². The van der Waals surface area contributed by atoms with E-state index in [1.165, 1.54) is 12.1 Å². The first kappa shape index (κ1) is 15.1. The lowest BCUT2D eigenvalue weighted by molar-refractivity contribution is -0.137. The third-order valence-electron chi connectivity index (χ3n) is 3.18. The summed E-state index contributed by atoms with van der Waals surface area (Å²) in [6.07, 6.45) is -4.44. The van der Waals surface area contributed by atoms with Crippen LogP contribution in [0.25, 0.3) is 0 Å². The second-order valence-electron chi connectivity index (χ2n) is 4.70. The minimum absolute atomic E-state index is 0.0949. The topological polar surface area (TPSA) is 46.9 Å². The van der Waals surface area contributed by atoms with E-state index in [-0.39, 0.29) is 5.69 Å². The van der Waals surface area contributed by atoms with Gasteiger partial charge in [-0.25, -0.2) is 0 Å². The molecule has 112 valence electrons. The molecule has 0 saturated carbocycles. The molecule has 2 rings (SSSR count). The van der Waals surface area contributed by atoms with Crippen molar-refractivity contribution in [3.05, 3.63) is 46.8 Å². The maximum absolute atomic E-state index is 12.6. The Balaban J connectivity index is 2.28. The van der Waals surface area contributed by atoms with Gasteiger partial charge in [-0.2, -0.15) is 18.3 Å². The Bertz CT molecular complexity index is 689. The number of hydrogen-bond donors (Lipinski definition) is 1. The third kappa shape index (κ3) is 3.07. The molecule has 1 heterocycles. The fourth-order valence-electron chi connectivity index (χ4n) is 2.07. The van der Waals surface area contributed by atoms with Gasteiger partial charge in [-0.3, -0.25) is 9.48 Å². The summed E-state index contributed by atoms with van der Waals surface area (Å²) in [5.41, 5.74) is 0.837. The molecule has 0 aliphatic rings. The maximum atomic E-state index is 12.6. The summed E-state index contributed by atoms with van der Waals surface area (Å²) in [6, 6.07) is 4.52. The lowest BCUT2D eigenvalue weighted by Gasteiger charge is -2.10. The molecule has 1 aromatic carbocycles. The van der Waals surface area contributed by atoms with Crippen molar-refractivity contribution in [3.8, 4) is 0 Å². The van der Waals surface area contributed by atoms with E-state index in [4.69, 9.17) is 0 Å². The fourth-order valence-corrected chi connectivity index (χ4v) is 2.07. The van der Waals surface area contributed by atoms with Crippen molar-refractivity contribution < 1.29 is 18.0 Å². The number of anilines is 1. The Morgan fingerprint density at radius 1 is 1.29 bits per heavy atom. The van der Waals surface area contributed by atoms with Crippen LogP contribution in [0, 0.1) is 13.8 Å². The lowest BCUT2D eigenvalue weighted by atomic mass is 10.1. The number of rotatable bonds is 2. The van der Waals surface area contributed by atoms with Gasteiger partial charge in [-0.1, -0.05) is 6.07 Å². The third-order valence-corrected chi connectivity index (χ3v) is 3.18. The second kappa shape index (κ2) is 5.23. The normalized spacial score (nSPS) is 11.5. The second-order valence-corrected chi connectivity index (χ2v) is 4.70. The van der Waals surface area contributed by atoms with Crippen molar-refractivity contribution in [1.82, 2.24) is 9.78 Å². The lowest BCUT2D eigenvalue weighted by Crippen LogP contribution is -2.15. The molecule has 4 nitrogen and oxygen atoms in total. The van der Waals surface area contributed by atoms with Crippen LogP contribution >= 0.6 is 0 Å². The quantitative estimate of drug-likeness (QED) is 0.924. The van der Waals surface area contributed by atoms with Gasteiger partial charge in [0.15, 0.2) is 0 Å². The van der Waals surface area contributed by atoms with Crippen LogP contribution in [0.1, 0.15) is 27.3 Å². The standard InChI is InChI=1S/C14H14F3N3O/c1-8-12(9(2)20(3)19-8)13(21)18-11-6-4-5-10(7-11)14(15,16)17/h4-7H,1-3H3,(H,18,21). The maximum Gasteiger partial charge on any atom is 0.416 e. The number of halogens is 3. The smallest absolute Gasteiger partial charge is 0.322 e. The number of hydrogen-bond acceptors (Lipinski definition) is 2. The van der Waals surface area contributed by atoms with Crippen LogP contribution in [-0.4, -0.2) is 15.7 Å². The molecule has 0 unspecified atom stereocenters. The fraction of sp³-hybridized carbons (Fsp3) is 0.286. The molecule has 0 spiro atoms. The number of benzene rings is 1. The van der Waals surface area contributed by atoms with Crippen molar-refractivity contribution in [3.63, 3.8) is 0 Å². The van der Waals surface area contributed by atoms with E-state index < -0.39 is 17.6 Å². The van der Waals surface area contributed by atoms with Crippen LogP contribution in [0.3, 0.4) is 0 Å². The van der Waals surface area contributed by atoms with Crippen molar-refractivity contribution in [2.24, 2.45) is 7.05 Å². The molecule has 1 aromatic heterocycles. The van der Waals surface area contributed by atoms with Gasteiger partial charge < -0.3 is 5.32 Å². The predicted octanol–water partition coefficient (Wildman–Crippen LogP) is 3.31. The number of aryl methyl sites for hydroxylation is 2. The number of carbonyl (C=O) groups is 1. The summed E-state index contributed by atoms with van der Waals surface area (Å²) in [5, 5.41) is 6.58. The van der Waals surface area contributed by atoms with Crippen molar-refractivity contribution >= 4 is 11.6 Å². The van der Waals surface area contributed by atoms with Gasteiger partial charge in [0.25, 0.3) is 5.91 Å². The summed E-state index contributed by atoms with van der Waals surface area (Å²) in [6.45, 7) is 3.40. The van der Waals surface area contributed by atoms with Crippen LogP contribution in [-0.2, 0) is 13.2 Å². The zero-order valence-electron chi connectivity index (χ0n) is 11.7. The van der Waals surface area contributed by atoms with Crippen molar-refractivity contribution in [2.75, 3.05) is 5.32 Å². The zero-order valence-corrected chi connectivity index (χ0v) is 11.7. The molecule has 0 bridgehead atoms. The number of nitrogens with zero attached hydrogens (tertiary/aromatic N) is 2. The van der Waals surface area contributed by atoms with Gasteiger partial charge in [-0.15, -0.1) is 0 Å². The van der Waals surface area contributed by atoms with E-state index in [9.17, 15) is 18.0 Å². The molecule has 21 heavy (non-hydrogen) atoms. The first-order chi connectivity index (χ1) is 9.70. The number of aromatic nitrogens is 2. The van der Waals surface area contributed by atoms with Crippen molar-refractivity contribution in [2.45, 2.75) is 20.0 Å². The summed E-state index contributed by atoms with van der Waals surface area (Å²) in [7, 11) is 1.70. The van der Waals surface area contributed by atoms with Crippen LogP contribution < -0.4 is 5.32 Å². The number of nitrogens with one attached hydrogen (secondary N) is 1. The first-order valence-electron chi connectivity index (χ1n) is 6.19. The predicted molar refractivity (Wildman–Crippen MR) is 72.1 cm³/mol. The van der Waals surface area contributed by atoms with Crippen LogP contribution in [0.15, 0.2) is 24.3 Å². The number of carbonyl (C=O) groups excluding carboxylic acids is 1. The van der Waals surface area contributed by atoms with Crippen LogP contribution in [0.4, 0.5) is 18.9 Å². The molecule has 7 heteroatoms. The summed E-state index contributed by atoms with van der Waals surface area (Å²) < 4.78 is 39.5. The molecule has 0 aliphatic carbocycles. The summed E-state index contributed by atoms with van der Waals surface area (Å²) >= 11 is 0. The Hall–Kier alpha value is -2.31. The molecule has 0 aliphatic heterocycles. The zero-order chi connectivity index (χ0) is 15.8. The van der Waals surface area contributed by atoms with E-state index in [0.717, 1.165) is 12.1 Å². The van der Waals surface area contributed by atoms with Gasteiger partial charge in [0.1, 0.15) is 0 Å². The number of alkyl halides is 3. The Morgan fingerprint density at radius 2 is 1.95 bits per heavy atom. The number of amides is 1. The Kier molecular flexibility index (Phi) is 3.76. The highest BCUT2D eigenvalue weighted by Crippen LogP contribution is 2.30. The monoisotopic (exact) mass is 297 g/mol. The molecular weight excluding hydrogens is 283 g/mol. The van der Waals surface area contributed by atoms with Gasteiger partial charge in [-0.05, 0) is 32.0 Å². The molecular formula is C14H14F3N3O. The van der Waals surface area contributed by atoms with Gasteiger partial charge in [0.05, 0.1) is 16.8 Å². The molecule has 0 fully saturated rings. The van der Waals surface area contributed by atoms with E-state index in [0.29, 0.717) is 17.0 Å². The molecule has 1 N–H and O–H groups in total. The highest BCUT2D eigenvalue weighted by Gasteiger charge is 2.30. The van der Waals surface area contributed by atoms with Gasteiger partial charge in [0, 0.05) is 18.4 Å². The first-order valence-corrected chi connectivity index (χ1v) is 6.19. The summed E-state index contributed by atoms with van der Waals surface area (Å²) in [4.78, 5) is 12.2. The van der Waals surface area contributed by atoms with Crippen molar-refractivity contribution in [1.29, 1.82) is 0 Å². The average molecular weight is 297 g/mol. The summed E-state index contributed by atoms with van der Waals surface area (Å²) in [5.74, 6) is -0.475. The largest absolute Gasteiger partial charge is 0.416 e. The van der Waals surface area contributed by atoms with E-state index in [2.05, 4.69) is 10.4 Å². The van der Waals surface area contributed by atoms with Crippen LogP contribution in [0.5, 0.6) is 0 Å². The molecule has 1 amide bonds. The molecule has 0 atom stereocenters. The molecule has 2 aromatic rings. The minimum Gasteiger partial charge on any atom is -0.322 e. The molecule has 0 radical (unpaired) electrons. The average Bonchev–Trinajstić information content (AvgIpc) is 2.62. The highest BCUT2D eigenvalue weighted by atomic mass is 19.4. The molecule has 0 saturated heterocycles. The SMILES string of the molecule is Cc1nn(C)c(C)c1C(=O)Nc1cccc(C(F)(F)F)c1.